The summed E-state index contributed by atoms with van der Waals surface area (Å²) in [7, 11) is 0. The van der Waals surface area contributed by atoms with Crippen LogP contribution in [0.2, 0.25) is 0 Å². The number of carbonyl (C=O) groups is 2. The number of rotatable bonds is 3. The van der Waals surface area contributed by atoms with Gasteiger partial charge in [0.1, 0.15) is 5.78 Å². The van der Waals surface area contributed by atoms with Crippen LogP contribution in [0.1, 0.15) is 19.8 Å². The van der Waals surface area contributed by atoms with Gasteiger partial charge in [0.15, 0.2) is 0 Å². The van der Waals surface area contributed by atoms with Crippen LogP contribution in [-0.2, 0) is 4.79 Å². The average molecular weight is 216 g/mol. The van der Waals surface area contributed by atoms with Crippen molar-refractivity contribution in [1.82, 2.24) is 10.6 Å². The minimum absolute atomic E-state index is 0.0295. The molecule has 14 heavy (non-hydrogen) atoms. The van der Waals surface area contributed by atoms with Crippen molar-refractivity contribution in [2.45, 2.75) is 25.8 Å². The number of hydrogen-bond donors (Lipinski definition) is 2. The van der Waals surface area contributed by atoms with E-state index in [1.54, 1.807) is 0 Å². The second kappa shape index (κ2) is 5.90. The minimum Gasteiger partial charge on any atom is -0.335 e. The first-order valence-electron chi connectivity index (χ1n) is 4.80. The van der Waals surface area contributed by atoms with Crippen molar-refractivity contribution in [3.05, 3.63) is 0 Å². The molecule has 0 aromatic heterocycles. The van der Waals surface area contributed by atoms with Gasteiger partial charge in [-0.15, -0.1) is 0 Å². The van der Waals surface area contributed by atoms with E-state index in [2.05, 4.69) is 10.6 Å². The van der Waals surface area contributed by atoms with Gasteiger partial charge in [0, 0.05) is 11.8 Å². The number of thioether (sulfide) groups is 1. The van der Waals surface area contributed by atoms with E-state index < -0.39 is 0 Å². The third-order valence-corrected chi connectivity index (χ3v) is 3.21. The highest BCUT2D eigenvalue weighted by Crippen LogP contribution is 2.16. The second-order valence-corrected chi connectivity index (χ2v) is 4.59. The summed E-state index contributed by atoms with van der Waals surface area (Å²) in [5.41, 5.74) is 0. The number of ketones is 1. The van der Waals surface area contributed by atoms with Gasteiger partial charge in [-0.3, -0.25) is 4.79 Å². The Morgan fingerprint density at radius 1 is 1.50 bits per heavy atom. The first kappa shape index (κ1) is 11.4. The van der Waals surface area contributed by atoms with Gasteiger partial charge >= 0.3 is 6.03 Å². The zero-order valence-corrected chi connectivity index (χ0v) is 9.15. The number of nitrogens with one attached hydrogen (secondary N) is 2. The summed E-state index contributed by atoms with van der Waals surface area (Å²) in [6.45, 7) is 1.57. The Morgan fingerprint density at radius 3 is 2.86 bits per heavy atom. The average Bonchev–Trinajstić information content (AvgIpc) is 2.16. The van der Waals surface area contributed by atoms with Gasteiger partial charge in [-0.05, 0) is 25.5 Å². The van der Waals surface area contributed by atoms with Crippen LogP contribution in [0.25, 0.3) is 0 Å². The van der Waals surface area contributed by atoms with Crippen molar-refractivity contribution >= 4 is 23.6 Å². The first-order valence-corrected chi connectivity index (χ1v) is 5.95. The van der Waals surface area contributed by atoms with E-state index in [0.717, 1.165) is 18.6 Å². The second-order valence-electron chi connectivity index (χ2n) is 3.44. The summed E-state index contributed by atoms with van der Waals surface area (Å²) in [6, 6.07) is 0.0356. The first-order chi connectivity index (χ1) is 6.68. The molecule has 0 saturated carbocycles. The van der Waals surface area contributed by atoms with E-state index >= 15 is 0 Å². The Bertz CT molecular complexity index is 215. The van der Waals surface area contributed by atoms with Crippen LogP contribution in [0.5, 0.6) is 0 Å². The van der Waals surface area contributed by atoms with Crippen molar-refractivity contribution in [1.29, 1.82) is 0 Å². The fraction of sp³-hybridized carbons (Fsp3) is 0.778. The van der Waals surface area contributed by atoms with Gasteiger partial charge in [0.25, 0.3) is 0 Å². The molecule has 1 fully saturated rings. The summed E-state index contributed by atoms with van der Waals surface area (Å²) >= 11 is 1.86. The van der Waals surface area contributed by atoms with Crippen LogP contribution in [-0.4, -0.2) is 35.9 Å². The van der Waals surface area contributed by atoms with Crippen LogP contribution in [0.3, 0.4) is 0 Å². The maximum atomic E-state index is 11.2. The third-order valence-electron chi connectivity index (χ3n) is 1.99. The van der Waals surface area contributed by atoms with Crippen molar-refractivity contribution in [2.24, 2.45) is 0 Å². The van der Waals surface area contributed by atoms with Gasteiger partial charge in [-0.1, -0.05) is 0 Å². The lowest BCUT2D eigenvalue weighted by atomic mass is 10.2. The fourth-order valence-electron chi connectivity index (χ4n) is 1.30. The molecule has 0 aliphatic carbocycles. The predicted molar refractivity (Wildman–Crippen MR) is 57.6 cm³/mol. The standard InChI is InChI=1S/C9H16N2O2S/c1-7(12)5-10-9(13)11-8-3-2-4-14-6-8/h8H,2-6H2,1H3,(H2,10,11,13). The Kier molecular flexibility index (Phi) is 4.79. The van der Waals surface area contributed by atoms with Crippen molar-refractivity contribution in [3.63, 3.8) is 0 Å². The zero-order chi connectivity index (χ0) is 10.4. The molecule has 0 spiro atoms. The molecule has 1 atom stereocenters. The van der Waals surface area contributed by atoms with Gasteiger partial charge in [-0.2, -0.15) is 11.8 Å². The van der Waals surface area contributed by atoms with E-state index in [-0.39, 0.29) is 24.4 Å². The Morgan fingerprint density at radius 2 is 2.29 bits per heavy atom. The van der Waals surface area contributed by atoms with Crippen LogP contribution in [0.15, 0.2) is 0 Å². The number of hydrogen-bond acceptors (Lipinski definition) is 3. The molecule has 1 saturated heterocycles. The molecule has 0 radical (unpaired) electrons. The molecule has 1 unspecified atom stereocenters. The minimum atomic E-state index is -0.229. The lowest BCUT2D eigenvalue weighted by Crippen LogP contribution is -2.45. The number of urea groups is 1. The zero-order valence-electron chi connectivity index (χ0n) is 8.34. The highest BCUT2D eigenvalue weighted by atomic mass is 32.2. The quantitative estimate of drug-likeness (QED) is 0.732. The van der Waals surface area contributed by atoms with Crippen molar-refractivity contribution < 1.29 is 9.59 Å². The highest BCUT2D eigenvalue weighted by molar-refractivity contribution is 7.99. The van der Waals surface area contributed by atoms with Gasteiger partial charge in [-0.25, -0.2) is 4.79 Å². The Labute approximate surface area is 88.2 Å². The predicted octanol–water partition coefficient (Wildman–Crippen LogP) is 0.770. The molecule has 2 N–H and O–H groups in total. The van der Waals surface area contributed by atoms with Crippen LogP contribution < -0.4 is 10.6 Å². The number of carbonyl (C=O) groups excluding carboxylic acids is 2. The van der Waals surface area contributed by atoms with Gasteiger partial charge in [0.05, 0.1) is 6.54 Å². The molecule has 2 amide bonds. The maximum absolute atomic E-state index is 11.2. The molecule has 0 bridgehead atoms. The molecule has 5 heteroatoms. The van der Waals surface area contributed by atoms with Crippen LogP contribution in [0.4, 0.5) is 4.79 Å². The van der Waals surface area contributed by atoms with Crippen molar-refractivity contribution in [2.75, 3.05) is 18.1 Å². The molecule has 0 aromatic carbocycles. The number of Topliss-reactive ketones (excluding diaryl/α,β-unsaturated/α-hetero) is 1. The highest BCUT2D eigenvalue weighted by Gasteiger charge is 2.15. The smallest absolute Gasteiger partial charge is 0.315 e. The van der Waals surface area contributed by atoms with E-state index in [9.17, 15) is 9.59 Å². The Balaban J connectivity index is 2.15. The topological polar surface area (TPSA) is 58.2 Å². The summed E-state index contributed by atoms with van der Waals surface area (Å²) in [5, 5.41) is 5.37. The van der Waals surface area contributed by atoms with E-state index in [1.807, 2.05) is 11.8 Å². The fourth-order valence-corrected chi connectivity index (χ4v) is 2.37. The summed E-state index contributed by atoms with van der Waals surface area (Å²) in [5.74, 6) is 2.14. The third kappa shape index (κ3) is 4.50. The van der Waals surface area contributed by atoms with E-state index in [1.165, 1.54) is 12.7 Å². The molecule has 4 nitrogen and oxygen atoms in total. The molecule has 80 valence electrons. The molecule has 1 heterocycles. The lowest BCUT2D eigenvalue weighted by Gasteiger charge is -2.22. The van der Waals surface area contributed by atoms with Gasteiger partial charge in [0.2, 0.25) is 0 Å². The summed E-state index contributed by atoms with van der Waals surface area (Å²) in [6.07, 6.45) is 2.20. The lowest BCUT2D eigenvalue weighted by molar-refractivity contribution is -0.116. The Hall–Kier alpha value is -0.710. The SMILES string of the molecule is CC(=O)CNC(=O)NC1CCCSC1. The van der Waals surface area contributed by atoms with E-state index in [4.69, 9.17) is 0 Å². The normalized spacial score (nSPS) is 21.4. The molecule has 1 aliphatic rings. The van der Waals surface area contributed by atoms with E-state index in [0.29, 0.717) is 0 Å². The van der Waals surface area contributed by atoms with Crippen molar-refractivity contribution in [3.8, 4) is 0 Å². The molecular formula is C9H16N2O2S. The summed E-state index contributed by atoms with van der Waals surface area (Å²) in [4.78, 5) is 21.8. The largest absolute Gasteiger partial charge is 0.335 e. The van der Waals surface area contributed by atoms with Crippen LogP contribution in [0, 0.1) is 0 Å². The maximum Gasteiger partial charge on any atom is 0.315 e. The molecule has 1 aliphatic heterocycles. The van der Waals surface area contributed by atoms with Crippen LogP contribution >= 0.6 is 11.8 Å². The summed E-state index contributed by atoms with van der Waals surface area (Å²) < 4.78 is 0. The molecule has 1 rings (SSSR count). The monoisotopic (exact) mass is 216 g/mol. The number of amides is 2. The molecule has 0 aromatic rings. The van der Waals surface area contributed by atoms with Gasteiger partial charge < -0.3 is 10.6 Å². The molecular weight excluding hydrogens is 200 g/mol.